The Hall–Kier alpha value is -4.03. The fraction of sp³-hybridized carbons (Fsp3) is 0.400. The molecule has 0 saturated carbocycles. The summed E-state index contributed by atoms with van der Waals surface area (Å²) in [6.07, 6.45) is -3.00. The van der Waals surface area contributed by atoms with E-state index in [4.69, 9.17) is 5.11 Å². The van der Waals surface area contributed by atoms with Gasteiger partial charge in [-0.1, -0.05) is 36.4 Å². The third-order valence-electron chi connectivity index (χ3n) is 7.75. The summed E-state index contributed by atoms with van der Waals surface area (Å²) in [5.74, 6) is -0.626. The average molecular weight is 586 g/mol. The normalized spacial score (nSPS) is 17.9. The van der Waals surface area contributed by atoms with Gasteiger partial charge in [0.15, 0.2) is 0 Å². The molecule has 3 N–H and O–H groups in total. The van der Waals surface area contributed by atoms with Gasteiger partial charge in [0.05, 0.1) is 6.04 Å². The summed E-state index contributed by atoms with van der Waals surface area (Å²) in [5.41, 5.74) is 4.03. The lowest BCUT2D eigenvalue weighted by atomic mass is 9.95. The quantitative estimate of drug-likeness (QED) is 0.312. The van der Waals surface area contributed by atoms with Crippen LogP contribution in [0.25, 0.3) is 22.3 Å². The van der Waals surface area contributed by atoms with Gasteiger partial charge in [-0.15, -0.1) is 13.2 Å². The fourth-order valence-electron chi connectivity index (χ4n) is 5.62. The van der Waals surface area contributed by atoms with Crippen LogP contribution >= 0.6 is 0 Å². The standard InChI is InChI=1S/C30H34F3N5O4/c1-36-12-14-37(15-13-36)18-20-7-9-21(10-8-20)26-25(22-4-2-6-24(16-22)42-30(31,32)33)19-38-23(5-3-11-34-29(40)41)17-35-28(39)27(26)38/h2,4,6-10,16,19,23,34H,3,5,11-15,17-18H2,1H3,(H,35,39)(H,40,41)/t23-/m0/s1. The van der Waals surface area contributed by atoms with Gasteiger partial charge in [-0.2, -0.15) is 0 Å². The Morgan fingerprint density at radius 2 is 1.83 bits per heavy atom. The molecule has 3 aromatic rings. The number of hydrogen-bond acceptors (Lipinski definition) is 5. The van der Waals surface area contributed by atoms with Gasteiger partial charge in [0.2, 0.25) is 0 Å². The van der Waals surface area contributed by atoms with Gasteiger partial charge < -0.3 is 29.9 Å². The van der Waals surface area contributed by atoms with E-state index >= 15 is 0 Å². The molecule has 9 nitrogen and oxygen atoms in total. The molecule has 2 aliphatic heterocycles. The van der Waals surface area contributed by atoms with E-state index in [1.807, 2.05) is 35.0 Å². The molecule has 12 heteroatoms. The van der Waals surface area contributed by atoms with Gasteiger partial charge in [0.25, 0.3) is 5.91 Å². The van der Waals surface area contributed by atoms with E-state index < -0.39 is 12.5 Å². The largest absolute Gasteiger partial charge is 0.573 e. The fourth-order valence-corrected chi connectivity index (χ4v) is 5.62. The van der Waals surface area contributed by atoms with Gasteiger partial charge in [-0.25, -0.2) is 4.79 Å². The number of ether oxygens (including phenoxy) is 1. The molecule has 3 heterocycles. The molecule has 0 unspecified atom stereocenters. The number of rotatable bonds is 9. The van der Waals surface area contributed by atoms with Crippen molar-refractivity contribution in [1.29, 1.82) is 0 Å². The summed E-state index contributed by atoms with van der Waals surface area (Å²) in [6, 6.07) is 13.6. The summed E-state index contributed by atoms with van der Waals surface area (Å²) < 4.78 is 45.1. The Bertz CT molecular complexity index is 1420. The third-order valence-corrected chi connectivity index (χ3v) is 7.75. The molecular formula is C30H34F3N5O4. The highest BCUT2D eigenvalue weighted by Crippen LogP contribution is 2.41. The SMILES string of the molecule is CN1CCN(Cc2ccc(-c3c(-c4cccc(OC(F)(F)F)c4)cn4c3C(=O)NC[C@@H]4CCCNC(=O)O)cc2)CC1. The van der Waals surface area contributed by atoms with E-state index in [1.165, 1.54) is 18.2 Å². The molecule has 5 rings (SSSR count). The van der Waals surface area contributed by atoms with Crippen LogP contribution in [0, 0.1) is 0 Å². The van der Waals surface area contributed by atoms with Crippen molar-refractivity contribution in [2.75, 3.05) is 46.3 Å². The molecule has 1 atom stereocenters. The molecule has 2 aliphatic rings. The first-order chi connectivity index (χ1) is 20.1. The van der Waals surface area contributed by atoms with E-state index in [0.717, 1.165) is 43.9 Å². The molecule has 224 valence electrons. The van der Waals surface area contributed by atoms with Crippen LogP contribution in [0.2, 0.25) is 0 Å². The lowest BCUT2D eigenvalue weighted by Crippen LogP contribution is -2.43. The number of carbonyl (C=O) groups excluding carboxylic acids is 1. The molecular weight excluding hydrogens is 551 g/mol. The summed E-state index contributed by atoms with van der Waals surface area (Å²) >= 11 is 0. The highest BCUT2D eigenvalue weighted by Gasteiger charge is 2.33. The molecule has 1 aromatic heterocycles. The molecule has 0 aliphatic carbocycles. The van der Waals surface area contributed by atoms with Gasteiger partial charge in [-0.3, -0.25) is 9.69 Å². The van der Waals surface area contributed by atoms with Crippen LogP contribution < -0.4 is 15.4 Å². The van der Waals surface area contributed by atoms with Crippen molar-refractivity contribution in [3.63, 3.8) is 0 Å². The van der Waals surface area contributed by atoms with Crippen LogP contribution in [0.15, 0.2) is 54.7 Å². The predicted octanol–water partition coefficient (Wildman–Crippen LogP) is 4.80. The zero-order valence-corrected chi connectivity index (χ0v) is 23.3. The topological polar surface area (TPSA) is 99.1 Å². The first-order valence-electron chi connectivity index (χ1n) is 13.9. The maximum atomic E-state index is 13.3. The van der Waals surface area contributed by atoms with Crippen molar-refractivity contribution in [1.82, 2.24) is 25.0 Å². The Labute approximate surface area is 241 Å². The second kappa shape index (κ2) is 12.5. The number of alkyl halides is 3. The van der Waals surface area contributed by atoms with E-state index in [-0.39, 0.29) is 24.2 Å². The summed E-state index contributed by atoms with van der Waals surface area (Å²) in [7, 11) is 2.11. The Morgan fingerprint density at radius 1 is 1.10 bits per heavy atom. The number of nitrogens with zero attached hydrogens (tertiary/aromatic N) is 3. The predicted molar refractivity (Wildman–Crippen MR) is 151 cm³/mol. The number of piperazine rings is 1. The van der Waals surface area contributed by atoms with Gasteiger partial charge >= 0.3 is 12.5 Å². The van der Waals surface area contributed by atoms with Gasteiger partial charge in [0, 0.05) is 63.1 Å². The van der Waals surface area contributed by atoms with Crippen LogP contribution in [0.3, 0.4) is 0 Å². The molecule has 42 heavy (non-hydrogen) atoms. The van der Waals surface area contributed by atoms with Crippen LogP contribution in [-0.4, -0.2) is 84.2 Å². The van der Waals surface area contributed by atoms with Crippen molar-refractivity contribution >= 4 is 12.0 Å². The van der Waals surface area contributed by atoms with Crippen LogP contribution in [0.4, 0.5) is 18.0 Å². The number of fused-ring (bicyclic) bond motifs is 1. The summed E-state index contributed by atoms with van der Waals surface area (Å²) in [5, 5.41) is 14.2. The van der Waals surface area contributed by atoms with E-state index in [9.17, 15) is 22.8 Å². The number of likely N-dealkylation sites (N-methyl/N-ethyl adjacent to an activating group) is 1. The zero-order chi connectivity index (χ0) is 29.9. The second-order valence-corrected chi connectivity index (χ2v) is 10.8. The lowest BCUT2D eigenvalue weighted by molar-refractivity contribution is -0.274. The monoisotopic (exact) mass is 585 g/mol. The minimum Gasteiger partial charge on any atom is -0.465 e. The van der Waals surface area contributed by atoms with Crippen molar-refractivity contribution in [2.24, 2.45) is 0 Å². The molecule has 2 aromatic carbocycles. The van der Waals surface area contributed by atoms with Crippen molar-refractivity contribution in [2.45, 2.75) is 31.8 Å². The smallest absolute Gasteiger partial charge is 0.465 e. The Balaban J connectivity index is 1.51. The number of benzene rings is 2. The van der Waals surface area contributed by atoms with Crippen molar-refractivity contribution in [3.05, 3.63) is 66.0 Å². The highest BCUT2D eigenvalue weighted by atomic mass is 19.4. The molecule has 0 radical (unpaired) electrons. The first kappa shape index (κ1) is 29.5. The number of carbonyl (C=O) groups is 2. The van der Waals surface area contributed by atoms with E-state index in [0.29, 0.717) is 41.8 Å². The Morgan fingerprint density at radius 3 is 2.52 bits per heavy atom. The maximum Gasteiger partial charge on any atom is 0.573 e. The molecule has 0 bridgehead atoms. The highest BCUT2D eigenvalue weighted by molar-refractivity contribution is 6.04. The molecule has 2 amide bonds. The van der Waals surface area contributed by atoms with Gasteiger partial charge in [0.1, 0.15) is 11.4 Å². The maximum absolute atomic E-state index is 13.3. The first-order valence-corrected chi connectivity index (χ1v) is 13.9. The third kappa shape index (κ3) is 7.05. The molecule has 1 fully saturated rings. The number of nitrogens with one attached hydrogen (secondary N) is 2. The summed E-state index contributed by atoms with van der Waals surface area (Å²) in [4.78, 5) is 28.8. The number of halogens is 3. The lowest BCUT2D eigenvalue weighted by Gasteiger charge is -2.32. The number of aromatic nitrogens is 1. The average Bonchev–Trinajstić information content (AvgIpc) is 3.35. The Kier molecular flexibility index (Phi) is 8.74. The minimum atomic E-state index is -4.84. The van der Waals surface area contributed by atoms with E-state index in [2.05, 4.69) is 32.2 Å². The van der Waals surface area contributed by atoms with Crippen molar-refractivity contribution < 1.29 is 32.6 Å². The van der Waals surface area contributed by atoms with Crippen molar-refractivity contribution in [3.8, 4) is 28.0 Å². The van der Waals surface area contributed by atoms with E-state index in [1.54, 1.807) is 6.07 Å². The number of hydrogen-bond donors (Lipinski definition) is 3. The van der Waals surface area contributed by atoms with Gasteiger partial charge in [-0.05, 0) is 48.7 Å². The van der Waals surface area contributed by atoms with Crippen LogP contribution in [0.1, 0.15) is 34.9 Å². The molecule has 1 saturated heterocycles. The van der Waals surface area contributed by atoms with Crippen LogP contribution in [0.5, 0.6) is 5.75 Å². The minimum absolute atomic E-state index is 0.160. The molecule has 0 spiro atoms. The summed E-state index contributed by atoms with van der Waals surface area (Å²) in [6.45, 7) is 5.41. The second-order valence-electron chi connectivity index (χ2n) is 10.8. The number of amides is 2. The zero-order valence-electron chi connectivity index (χ0n) is 23.3. The van der Waals surface area contributed by atoms with Crippen LogP contribution in [-0.2, 0) is 6.54 Å². The number of carboxylic acid groups (broad SMARTS) is 1.